The second kappa shape index (κ2) is 5.02. The number of carbonyl (C=O) groups excluding carboxylic acids is 1. The Morgan fingerprint density at radius 3 is 2.71 bits per heavy atom. The minimum absolute atomic E-state index is 0.144. The second-order valence-electron chi connectivity index (χ2n) is 4.35. The van der Waals surface area contributed by atoms with Crippen LogP contribution in [0.3, 0.4) is 0 Å². The van der Waals surface area contributed by atoms with Crippen LogP contribution in [0, 0.1) is 0 Å². The lowest BCUT2D eigenvalue weighted by Gasteiger charge is -2.37. The van der Waals surface area contributed by atoms with Crippen LogP contribution in [0.4, 0.5) is 5.69 Å². The van der Waals surface area contributed by atoms with E-state index in [1.54, 1.807) is 6.07 Å². The van der Waals surface area contributed by atoms with Crippen molar-refractivity contribution in [1.82, 2.24) is 4.98 Å². The molecule has 0 radical (unpaired) electrons. The van der Waals surface area contributed by atoms with Crippen molar-refractivity contribution in [3.8, 4) is 0 Å². The summed E-state index contributed by atoms with van der Waals surface area (Å²) in [6, 6.07) is 1.73. The standard InChI is InChI=1S/C12H15ClN2O2/c1-8-5-15(6-9(2)17-8)11-3-12(13)14-4-10(11)7-16/h3-4,7-9H,5-6H2,1-2H3. The van der Waals surface area contributed by atoms with Gasteiger partial charge in [0, 0.05) is 19.3 Å². The Labute approximate surface area is 106 Å². The number of hydrogen-bond donors (Lipinski definition) is 0. The van der Waals surface area contributed by atoms with E-state index in [1.165, 1.54) is 6.20 Å². The third-order valence-electron chi connectivity index (χ3n) is 2.77. The van der Waals surface area contributed by atoms with Gasteiger partial charge in [0.25, 0.3) is 0 Å². The van der Waals surface area contributed by atoms with Gasteiger partial charge in [-0.25, -0.2) is 4.98 Å². The number of halogens is 1. The number of carbonyl (C=O) groups is 1. The molecule has 2 unspecified atom stereocenters. The summed E-state index contributed by atoms with van der Waals surface area (Å²) in [4.78, 5) is 17.0. The number of hydrogen-bond acceptors (Lipinski definition) is 4. The van der Waals surface area contributed by atoms with Crippen molar-refractivity contribution in [3.63, 3.8) is 0 Å². The van der Waals surface area contributed by atoms with Gasteiger partial charge in [0.1, 0.15) is 5.15 Å². The van der Waals surface area contributed by atoms with Gasteiger partial charge in [-0.2, -0.15) is 0 Å². The monoisotopic (exact) mass is 254 g/mol. The second-order valence-corrected chi connectivity index (χ2v) is 4.73. The molecule has 0 aliphatic carbocycles. The van der Waals surface area contributed by atoms with Gasteiger partial charge < -0.3 is 9.64 Å². The zero-order chi connectivity index (χ0) is 12.4. The Balaban J connectivity index is 2.31. The molecule has 0 N–H and O–H groups in total. The number of anilines is 1. The van der Waals surface area contributed by atoms with Gasteiger partial charge in [0.15, 0.2) is 6.29 Å². The number of rotatable bonds is 2. The van der Waals surface area contributed by atoms with Crippen molar-refractivity contribution < 1.29 is 9.53 Å². The average Bonchev–Trinajstić information content (AvgIpc) is 2.27. The van der Waals surface area contributed by atoms with E-state index in [0.29, 0.717) is 10.7 Å². The maximum Gasteiger partial charge on any atom is 0.153 e. The highest BCUT2D eigenvalue weighted by molar-refractivity contribution is 6.29. The Morgan fingerprint density at radius 1 is 1.47 bits per heavy atom. The van der Waals surface area contributed by atoms with Crippen molar-refractivity contribution >= 4 is 23.6 Å². The van der Waals surface area contributed by atoms with Gasteiger partial charge in [-0.3, -0.25) is 4.79 Å². The third-order valence-corrected chi connectivity index (χ3v) is 2.97. The SMILES string of the molecule is CC1CN(c2cc(Cl)ncc2C=O)CC(C)O1. The van der Waals surface area contributed by atoms with E-state index < -0.39 is 0 Å². The van der Waals surface area contributed by atoms with E-state index in [4.69, 9.17) is 16.3 Å². The molecule has 0 amide bonds. The largest absolute Gasteiger partial charge is 0.372 e. The minimum Gasteiger partial charge on any atom is -0.372 e. The van der Waals surface area contributed by atoms with E-state index in [2.05, 4.69) is 9.88 Å². The van der Waals surface area contributed by atoms with E-state index in [1.807, 2.05) is 13.8 Å². The van der Waals surface area contributed by atoms with Gasteiger partial charge in [-0.1, -0.05) is 11.6 Å². The Kier molecular flexibility index (Phi) is 3.64. The summed E-state index contributed by atoms with van der Waals surface area (Å²) < 4.78 is 5.66. The fourth-order valence-corrected chi connectivity index (χ4v) is 2.32. The maximum absolute atomic E-state index is 11.0. The van der Waals surface area contributed by atoms with Crippen LogP contribution < -0.4 is 4.90 Å². The molecular weight excluding hydrogens is 240 g/mol. The van der Waals surface area contributed by atoms with Crippen molar-refractivity contribution in [2.24, 2.45) is 0 Å². The molecule has 2 rings (SSSR count). The molecule has 2 atom stereocenters. The molecule has 92 valence electrons. The number of nitrogens with zero attached hydrogens (tertiary/aromatic N) is 2. The van der Waals surface area contributed by atoms with E-state index in [9.17, 15) is 4.79 Å². The Bertz CT molecular complexity index is 415. The van der Waals surface area contributed by atoms with Crippen LogP contribution in [-0.4, -0.2) is 36.6 Å². The molecule has 1 aliphatic heterocycles. The average molecular weight is 255 g/mol. The van der Waals surface area contributed by atoms with Gasteiger partial charge >= 0.3 is 0 Å². The molecule has 1 saturated heterocycles. The van der Waals surface area contributed by atoms with Gasteiger partial charge in [0.05, 0.1) is 23.5 Å². The van der Waals surface area contributed by atoms with Gasteiger partial charge in [0.2, 0.25) is 0 Å². The lowest BCUT2D eigenvalue weighted by atomic mass is 10.1. The van der Waals surface area contributed by atoms with Gasteiger partial charge in [-0.15, -0.1) is 0 Å². The van der Waals surface area contributed by atoms with E-state index in [0.717, 1.165) is 25.1 Å². The molecule has 1 aliphatic rings. The first-order chi connectivity index (χ1) is 8.10. The Morgan fingerprint density at radius 2 is 2.12 bits per heavy atom. The van der Waals surface area contributed by atoms with E-state index >= 15 is 0 Å². The lowest BCUT2D eigenvalue weighted by molar-refractivity contribution is -0.00525. The molecule has 0 spiro atoms. The zero-order valence-corrected chi connectivity index (χ0v) is 10.6. The molecule has 17 heavy (non-hydrogen) atoms. The summed E-state index contributed by atoms with van der Waals surface area (Å²) in [7, 11) is 0. The molecule has 1 aromatic rings. The highest BCUT2D eigenvalue weighted by Gasteiger charge is 2.24. The predicted molar refractivity (Wildman–Crippen MR) is 66.9 cm³/mol. The molecule has 4 nitrogen and oxygen atoms in total. The summed E-state index contributed by atoms with van der Waals surface area (Å²) in [5.74, 6) is 0. The highest BCUT2D eigenvalue weighted by Crippen LogP contribution is 2.25. The van der Waals surface area contributed by atoms with Crippen LogP contribution in [0.5, 0.6) is 0 Å². The fourth-order valence-electron chi connectivity index (χ4n) is 2.17. The first kappa shape index (κ1) is 12.3. The number of aldehydes is 1. The maximum atomic E-state index is 11.0. The summed E-state index contributed by atoms with van der Waals surface area (Å²) >= 11 is 5.88. The molecule has 0 aromatic carbocycles. The molecule has 2 heterocycles. The molecule has 5 heteroatoms. The van der Waals surface area contributed by atoms with Crippen molar-refractivity contribution in [2.45, 2.75) is 26.1 Å². The number of aromatic nitrogens is 1. The van der Waals surface area contributed by atoms with Crippen molar-refractivity contribution in [2.75, 3.05) is 18.0 Å². The van der Waals surface area contributed by atoms with Crippen LogP contribution in [0.1, 0.15) is 24.2 Å². The lowest BCUT2D eigenvalue weighted by Crippen LogP contribution is -2.45. The quantitative estimate of drug-likeness (QED) is 0.599. The number of morpholine rings is 1. The number of pyridine rings is 1. The molecule has 1 fully saturated rings. The fraction of sp³-hybridized carbons (Fsp3) is 0.500. The summed E-state index contributed by atoms with van der Waals surface area (Å²) in [5.41, 5.74) is 1.40. The van der Waals surface area contributed by atoms with Crippen LogP contribution in [0.15, 0.2) is 12.3 Å². The normalized spacial score (nSPS) is 24.8. The molecular formula is C12H15ClN2O2. The summed E-state index contributed by atoms with van der Waals surface area (Å²) in [5, 5.41) is 0.400. The summed E-state index contributed by atoms with van der Waals surface area (Å²) in [6.45, 7) is 5.55. The third kappa shape index (κ3) is 2.76. The van der Waals surface area contributed by atoms with Crippen LogP contribution in [-0.2, 0) is 4.74 Å². The first-order valence-corrected chi connectivity index (χ1v) is 5.99. The highest BCUT2D eigenvalue weighted by atomic mass is 35.5. The minimum atomic E-state index is 0.144. The van der Waals surface area contributed by atoms with Crippen molar-refractivity contribution in [1.29, 1.82) is 0 Å². The van der Waals surface area contributed by atoms with Gasteiger partial charge in [-0.05, 0) is 19.9 Å². The topological polar surface area (TPSA) is 42.4 Å². The molecule has 1 aromatic heterocycles. The predicted octanol–water partition coefficient (Wildman–Crippen LogP) is 2.16. The van der Waals surface area contributed by atoms with Crippen LogP contribution >= 0.6 is 11.6 Å². The molecule has 0 bridgehead atoms. The first-order valence-electron chi connectivity index (χ1n) is 5.61. The van der Waals surface area contributed by atoms with Crippen LogP contribution in [0.2, 0.25) is 5.15 Å². The number of ether oxygens (including phenoxy) is 1. The summed E-state index contributed by atoms with van der Waals surface area (Å²) in [6.07, 6.45) is 2.61. The molecule has 0 saturated carbocycles. The van der Waals surface area contributed by atoms with E-state index in [-0.39, 0.29) is 12.2 Å². The Hall–Kier alpha value is -1.13. The smallest absolute Gasteiger partial charge is 0.153 e. The van der Waals surface area contributed by atoms with Crippen molar-refractivity contribution in [3.05, 3.63) is 23.0 Å². The zero-order valence-electron chi connectivity index (χ0n) is 9.89. The van der Waals surface area contributed by atoms with Crippen LogP contribution in [0.25, 0.3) is 0 Å².